The molecule has 0 atom stereocenters. The molecule has 0 bridgehead atoms. The molecule has 28 heavy (non-hydrogen) atoms. The molecule has 1 amide bonds. The van der Waals surface area contributed by atoms with E-state index in [-0.39, 0.29) is 31.4 Å². The van der Waals surface area contributed by atoms with Crippen molar-refractivity contribution in [2.24, 2.45) is 0 Å². The minimum absolute atomic E-state index is 0. The van der Waals surface area contributed by atoms with Crippen LogP contribution in [0.5, 0.6) is 0 Å². The molecule has 2 saturated heterocycles. The number of nitrogens with zero attached hydrogens (tertiary/aromatic N) is 3. The van der Waals surface area contributed by atoms with Crippen molar-refractivity contribution in [3.8, 4) is 0 Å². The van der Waals surface area contributed by atoms with Gasteiger partial charge in [-0.25, -0.2) is 14.8 Å². The van der Waals surface area contributed by atoms with Crippen molar-refractivity contribution in [1.82, 2.24) is 20.2 Å². The van der Waals surface area contributed by atoms with Crippen LogP contribution in [0.15, 0.2) is 0 Å². The van der Waals surface area contributed by atoms with Crippen LogP contribution in [0, 0.1) is 0 Å². The summed E-state index contributed by atoms with van der Waals surface area (Å²) in [4.78, 5) is 25.5. The van der Waals surface area contributed by atoms with Crippen molar-refractivity contribution in [2.45, 2.75) is 56.7 Å². The number of hydrazine groups is 1. The van der Waals surface area contributed by atoms with Crippen LogP contribution < -0.4 is 5.32 Å². The zero-order valence-electron chi connectivity index (χ0n) is 16.4. The lowest BCUT2D eigenvalue weighted by Crippen LogP contribution is -2.64. The van der Waals surface area contributed by atoms with E-state index in [1.807, 2.05) is 0 Å². The topological polar surface area (TPSA) is 85.4 Å². The predicted octanol–water partition coefficient (Wildman–Crippen LogP) is 1.33. The van der Waals surface area contributed by atoms with Gasteiger partial charge in [-0.1, -0.05) is 6.42 Å². The van der Waals surface area contributed by atoms with E-state index in [1.165, 1.54) is 12.8 Å². The third kappa shape index (κ3) is 6.18. The van der Waals surface area contributed by atoms with Gasteiger partial charge in [0, 0.05) is 32.2 Å². The maximum absolute atomic E-state index is 12.0. The first-order chi connectivity index (χ1) is 12.6. The summed E-state index contributed by atoms with van der Waals surface area (Å²) in [5.74, 6) is -0.989. The van der Waals surface area contributed by atoms with Gasteiger partial charge in [0.2, 0.25) is 6.41 Å². The standard InChI is InChI=1S/C18H32N4O4.2ClH/c23-15-22(18(26-14-17(24)25)6-2-1-3-7-18)21-12-10-20(11-13-21)16-4-8-19-9-5-16;;/h15-16,19H,1-14H2,(H,24,25);2*1H. The van der Waals surface area contributed by atoms with Gasteiger partial charge in [0.25, 0.3) is 0 Å². The molecule has 8 nitrogen and oxygen atoms in total. The van der Waals surface area contributed by atoms with E-state index >= 15 is 0 Å². The molecule has 10 heteroatoms. The molecule has 0 unspecified atom stereocenters. The highest BCUT2D eigenvalue weighted by Crippen LogP contribution is 2.35. The van der Waals surface area contributed by atoms with Gasteiger partial charge in [0.15, 0.2) is 5.72 Å². The van der Waals surface area contributed by atoms with Crippen LogP contribution in [0.4, 0.5) is 0 Å². The predicted molar refractivity (Wildman–Crippen MR) is 111 cm³/mol. The Hall–Kier alpha value is -0.640. The molecular weight excluding hydrogens is 407 g/mol. The van der Waals surface area contributed by atoms with Gasteiger partial charge in [-0.15, -0.1) is 24.8 Å². The number of rotatable bonds is 7. The maximum atomic E-state index is 12.0. The van der Waals surface area contributed by atoms with Crippen molar-refractivity contribution in [1.29, 1.82) is 0 Å². The number of amides is 1. The summed E-state index contributed by atoms with van der Waals surface area (Å²) in [5.41, 5.74) is -0.796. The lowest BCUT2D eigenvalue weighted by Gasteiger charge is -2.51. The van der Waals surface area contributed by atoms with Gasteiger partial charge in [0.1, 0.15) is 6.61 Å². The van der Waals surface area contributed by atoms with Gasteiger partial charge < -0.3 is 15.2 Å². The highest BCUT2D eigenvalue weighted by molar-refractivity contribution is 5.85. The minimum atomic E-state index is -0.989. The van der Waals surface area contributed by atoms with Crippen molar-refractivity contribution in [3.63, 3.8) is 0 Å². The average Bonchev–Trinajstić information content (AvgIpc) is 2.69. The van der Waals surface area contributed by atoms with E-state index in [0.29, 0.717) is 18.9 Å². The Balaban J connectivity index is 0.00000196. The van der Waals surface area contributed by atoms with E-state index in [0.717, 1.165) is 64.9 Å². The van der Waals surface area contributed by atoms with Crippen LogP contribution in [0.1, 0.15) is 44.9 Å². The quantitative estimate of drug-likeness (QED) is 0.456. The molecule has 3 fully saturated rings. The molecular formula is C18H34Cl2N4O4. The number of nitrogens with one attached hydrogen (secondary N) is 1. The molecule has 2 N–H and O–H groups in total. The fourth-order valence-corrected chi connectivity index (χ4v) is 4.62. The van der Waals surface area contributed by atoms with E-state index < -0.39 is 11.7 Å². The van der Waals surface area contributed by atoms with Crippen LogP contribution in [0.3, 0.4) is 0 Å². The van der Waals surface area contributed by atoms with Crippen molar-refractivity contribution in [2.75, 3.05) is 45.9 Å². The molecule has 0 radical (unpaired) electrons. The summed E-state index contributed by atoms with van der Waals surface area (Å²) in [6.07, 6.45) is 7.63. The minimum Gasteiger partial charge on any atom is -0.480 e. The summed E-state index contributed by atoms with van der Waals surface area (Å²) in [5, 5.41) is 16.2. The molecule has 3 aliphatic rings. The molecule has 0 aromatic heterocycles. The number of hydrogen-bond donors (Lipinski definition) is 2. The number of ether oxygens (including phenoxy) is 1. The second-order valence-electron chi connectivity index (χ2n) is 7.61. The highest BCUT2D eigenvalue weighted by Gasteiger charge is 2.43. The second kappa shape index (κ2) is 12.1. The van der Waals surface area contributed by atoms with Crippen molar-refractivity contribution < 1.29 is 19.4 Å². The molecule has 0 spiro atoms. The third-order valence-corrected chi connectivity index (χ3v) is 6.04. The van der Waals surface area contributed by atoms with Crippen LogP contribution in [-0.2, 0) is 14.3 Å². The summed E-state index contributed by atoms with van der Waals surface area (Å²) >= 11 is 0. The molecule has 0 aromatic carbocycles. The Morgan fingerprint density at radius 3 is 2.25 bits per heavy atom. The number of halogens is 2. The fraction of sp³-hybridized carbons (Fsp3) is 0.889. The Morgan fingerprint density at radius 1 is 1.11 bits per heavy atom. The monoisotopic (exact) mass is 440 g/mol. The van der Waals surface area contributed by atoms with Gasteiger partial charge in [-0.3, -0.25) is 9.69 Å². The Kier molecular flexibility index (Phi) is 11.0. The number of aliphatic carboxylic acids is 1. The zero-order valence-corrected chi connectivity index (χ0v) is 18.0. The SMILES string of the molecule is Cl.Cl.O=CN(N1CCN(C2CCNCC2)CC1)C1(OCC(=O)O)CCCCC1. The number of carbonyl (C=O) groups excluding carboxylic acids is 1. The average molecular weight is 441 g/mol. The van der Waals surface area contributed by atoms with Crippen LogP contribution in [0.2, 0.25) is 0 Å². The first kappa shape index (κ1) is 25.4. The number of hydrogen-bond acceptors (Lipinski definition) is 6. The highest BCUT2D eigenvalue weighted by atomic mass is 35.5. The zero-order chi connectivity index (χ0) is 18.4. The molecule has 3 rings (SSSR count). The van der Waals surface area contributed by atoms with Crippen molar-refractivity contribution >= 4 is 37.2 Å². The van der Waals surface area contributed by atoms with Crippen molar-refractivity contribution in [3.05, 3.63) is 0 Å². The summed E-state index contributed by atoms with van der Waals surface area (Å²) in [6, 6.07) is 0.634. The van der Waals surface area contributed by atoms with E-state index in [2.05, 4.69) is 15.2 Å². The summed E-state index contributed by atoms with van der Waals surface area (Å²) in [6.45, 7) is 5.23. The summed E-state index contributed by atoms with van der Waals surface area (Å²) in [7, 11) is 0. The third-order valence-electron chi connectivity index (χ3n) is 6.04. The normalized spacial score (nSPS) is 23.9. The van der Waals surface area contributed by atoms with Gasteiger partial charge in [-0.05, 0) is 51.6 Å². The Labute approximate surface area is 179 Å². The van der Waals surface area contributed by atoms with E-state index in [9.17, 15) is 9.59 Å². The number of carbonyl (C=O) groups is 2. The summed E-state index contributed by atoms with van der Waals surface area (Å²) < 4.78 is 5.81. The van der Waals surface area contributed by atoms with Crippen LogP contribution in [0.25, 0.3) is 0 Å². The van der Waals surface area contributed by atoms with E-state index in [4.69, 9.17) is 9.84 Å². The first-order valence-corrected chi connectivity index (χ1v) is 9.95. The lowest BCUT2D eigenvalue weighted by molar-refractivity contribution is -0.244. The van der Waals surface area contributed by atoms with Gasteiger partial charge in [0.05, 0.1) is 0 Å². The lowest BCUT2D eigenvalue weighted by atomic mass is 9.91. The van der Waals surface area contributed by atoms with Crippen LogP contribution >= 0.6 is 24.8 Å². The number of piperazine rings is 1. The first-order valence-electron chi connectivity index (χ1n) is 9.95. The fourth-order valence-electron chi connectivity index (χ4n) is 4.62. The molecule has 0 aromatic rings. The molecule has 2 aliphatic heterocycles. The Morgan fingerprint density at radius 2 is 1.71 bits per heavy atom. The largest absolute Gasteiger partial charge is 0.480 e. The maximum Gasteiger partial charge on any atom is 0.329 e. The van der Waals surface area contributed by atoms with Gasteiger partial charge >= 0.3 is 5.97 Å². The van der Waals surface area contributed by atoms with E-state index in [1.54, 1.807) is 5.01 Å². The Bertz CT molecular complexity index is 480. The van der Waals surface area contributed by atoms with Gasteiger partial charge in [-0.2, -0.15) is 0 Å². The molecule has 1 aliphatic carbocycles. The number of carboxylic acid groups (broad SMARTS) is 1. The molecule has 2 heterocycles. The van der Waals surface area contributed by atoms with Crippen LogP contribution in [-0.4, -0.2) is 90.0 Å². The molecule has 1 saturated carbocycles. The smallest absolute Gasteiger partial charge is 0.329 e. The number of carboxylic acids is 1. The molecule has 164 valence electrons. The second-order valence-corrected chi connectivity index (χ2v) is 7.61. The number of piperidine rings is 1.